The van der Waals surface area contributed by atoms with E-state index in [4.69, 9.17) is 10.8 Å². The van der Waals surface area contributed by atoms with Crippen molar-refractivity contribution in [1.29, 1.82) is 0 Å². The molecular weight excluding hydrogens is 300 g/mol. The summed E-state index contributed by atoms with van der Waals surface area (Å²) in [5, 5.41) is 9.61. The topological polar surface area (TPSA) is 96.2 Å². The van der Waals surface area contributed by atoms with E-state index < -0.39 is 12.0 Å². The van der Waals surface area contributed by atoms with Crippen LogP contribution >= 0.6 is 15.9 Å². The summed E-state index contributed by atoms with van der Waals surface area (Å²) in [6.07, 6.45) is 0.117. The molecule has 0 spiro atoms. The van der Waals surface area contributed by atoms with Crippen LogP contribution in [0.4, 0.5) is 0 Å². The van der Waals surface area contributed by atoms with Gasteiger partial charge in [-0.15, -0.1) is 0 Å². The van der Waals surface area contributed by atoms with Gasteiger partial charge >= 0.3 is 5.97 Å². The third kappa shape index (κ3) is 2.60. The number of rotatable bonds is 3. The first-order valence-corrected chi connectivity index (χ1v) is 6.06. The van der Waals surface area contributed by atoms with Crippen LogP contribution in [0.15, 0.2) is 33.5 Å². The number of carboxylic acid groups (broad SMARTS) is 1. The number of halogens is 1. The Morgan fingerprint density at radius 3 is 2.83 bits per heavy atom. The van der Waals surface area contributed by atoms with Gasteiger partial charge in [0.05, 0.1) is 0 Å². The molecule has 0 fully saturated rings. The van der Waals surface area contributed by atoms with Crippen molar-refractivity contribution in [2.75, 3.05) is 0 Å². The van der Waals surface area contributed by atoms with Crippen LogP contribution in [-0.2, 0) is 11.2 Å². The monoisotopic (exact) mass is 310 g/mol. The largest absolute Gasteiger partial charge is 0.480 e. The summed E-state index contributed by atoms with van der Waals surface area (Å²) in [6.45, 7) is 0. The number of aliphatic carboxylic acids is 1. The van der Waals surface area contributed by atoms with Crippen molar-refractivity contribution in [2.24, 2.45) is 5.73 Å². The molecule has 0 saturated carbocycles. The summed E-state index contributed by atoms with van der Waals surface area (Å²) in [6, 6.07) is 5.76. The quantitative estimate of drug-likeness (QED) is 0.795. The molecule has 1 heterocycles. The molecule has 1 unspecified atom stereocenters. The summed E-state index contributed by atoms with van der Waals surface area (Å²) < 4.78 is 0.854. The van der Waals surface area contributed by atoms with Crippen LogP contribution < -0.4 is 11.3 Å². The van der Waals surface area contributed by atoms with Gasteiger partial charge < -0.3 is 15.8 Å². The molecule has 94 valence electrons. The Morgan fingerprint density at radius 1 is 1.44 bits per heavy atom. The molecule has 2 rings (SSSR count). The average molecular weight is 311 g/mol. The number of benzene rings is 1. The van der Waals surface area contributed by atoms with E-state index in [1.807, 2.05) is 6.07 Å². The Morgan fingerprint density at radius 2 is 2.17 bits per heavy atom. The first kappa shape index (κ1) is 12.8. The number of aromatic nitrogens is 1. The van der Waals surface area contributed by atoms with Crippen molar-refractivity contribution in [3.63, 3.8) is 0 Å². The lowest BCUT2D eigenvalue weighted by atomic mass is 10.0. The predicted octanol–water partition coefficient (Wildman–Crippen LogP) is 1.24. The summed E-state index contributed by atoms with van der Waals surface area (Å²) in [5.41, 5.74) is 6.53. The molecule has 0 aliphatic rings. The fourth-order valence-corrected chi connectivity index (χ4v) is 2.15. The van der Waals surface area contributed by atoms with Crippen molar-refractivity contribution in [3.8, 4) is 0 Å². The zero-order valence-corrected chi connectivity index (χ0v) is 10.9. The zero-order valence-electron chi connectivity index (χ0n) is 9.31. The second-order valence-electron chi connectivity index (χ2n) is 4.00. The number of H-pyrrole nitrogens is 1. The second kappa shape index (κ2) is 4.91. The van der Waals surface area contributed by atoms with Gasteiger partial charge in [-0.3, -0.25) is 9.59 Å². The van der Waals surface area contributed by atoms with Gasteiger partial charge in [0.25, 0.3) is 0 Å². The van der Waals surface area contributed by atoms with Crippen LogP contribution in [0.25, 0.3) is 10.9 Å². The van der Waals surface area contributed by atoms with E-state index in [0.29, 0.717) is 11.1 Å². The fraction of sp³-hybridized carbons (Fsp3) is 0.167. The number of carboxylic acids is 1. The highest BCUT2D eigenvalue weighted by Crippen LogP contribution is 2.21. The Bertz CT molecular complexity index is 666. The molecular formula is C12H11BrN2O3. The molecule has 0 radical (unpaired) electrons. The highest BCUT2D eigenvalue weighted by Gasteiger charge is 2.14. The molecule has 1 atom stereocenters. The lowest BCUT2D eigenvalue weighted by molar-refractivity contribution is -0.138. The van der Waals surface area contributed by atoms with E-state index in [-0.39, 0.29) is 12.0 Å². The van der Waals surface area contributed by atoms with Crippen molar-refractivity contribution in [2.45, 2.75) is 12.5 Å². The highest BCUT2D eigenvalue weighted by molar-refractivity contribution is 9.10. The third-order valence-electron chi connectivity index (χ3n) is 2.65. The highest BCUT2D eigenvalue weighted by atomic mass is 79.9. The molecule has 0 saturated heterocycles. The maximum absolute atomic E-state index is 11.5. The zero-order chi connectivity index (χ0) is 13.3. The van der Waals surface area contributed by atoms with Gasteiger partial charge in [-0.2, -0.15) is 0 Å². The van der Waals surface area contributed by atoms with Gasteiger partial charge in [-0.05, 0) is 30.2 Å². The van der Waals surface area contributed by atoms with Crippen LogP contribution in [0.3, 0.4) is 0 Å². The summed E-state index contributed by atoms with van der Waals surface area (Å²) in [7, 11) is 0. The summed E-state index contributed by atoms with van der Waals surface area (Å²) in [5.74, 6) is -1.08. The van der Waals surface area contributed by atoms with Crippen LogP contribution in [-0.4, -0.2) is 22.1 Å². The Balaban J connectivity index is 2.57. The Labute approximate surface area is 111 Å². The molecule has 2 aromatic rings. The molecule has 0 amide bonds. The van der Waals surface area contributed by atoms with E-state index in [2.05, 4.69) is 20.9 Å². The van der Waals surface area contributed by atoms with E-state index in [0.717, 1.165) is 9.86 Å². The molecule has 5 nitrogen and oxygen atoms in total. The number of nitrogens with one attached hydrogen (secondary N) is 1. The van der Waals surface area contributed by atoms with Crippen LogP contribution in [0.2, 0.25) is 0 Å². The number of hydrogen-bond acceptors (Lipinski definition) is 3. The van der Waals surface area contributed by atoms with Gasteiger partial charge in [0.2, 0.25) is 5.56 Å². The van der Waals surface area contributed by atoms with Crippen LogP contribution in [0, 0.1) is 0 Å². The van der Waals surface area contributed by atoms with E-state index >= 15 is 0 Å². The van der Waals surface area contributed by atoms with Crippen molar-refractivity contribution in [3.05, 3.63) is 44.7 Å². The van der Waals surface area contributed by atoms with Gasteiger partial charge in [-0.1, -0.05) is 15.9 Å². The van der Waals surface area contributed by atoms with Crippen molar-refractivity contribution in [1.82, 2.24) is 4.98 Å². The molecule has 0 bridgehead atoms. The predicted molar refractivity (Wildman–Crippen MR) is 71.6 cm³/mol. The molecule has 1 aromatic heterocycles. The molecule has 0 aliphatic heterocycles. The van der Waals surface area contributed by atoms with Gasteiger partial charge in [0.15, 0.2) is 0 Å². The van der Waals surface area contributed by atoms with Crippen LogP contribution in [0.5, 0.6) is 0 Å². The van der Waals surface area contributed by atoms with Crippen molar-refractivity contribution >= 4 is 32.8 Å². The molecule has 4 N–H and O–H groups in total. The van der Waals surface area contributed by atoms with Crippen LogP contribution in [0.1, 0.15) is 5.56 Å². The minimum Gasteiger partial charge on any atom is -0.480 e. The maximum Gasteiger partial charge on any atom is 0.320 e. The first-order chi connectivity index (χ1) is 8.47. The van der Waals surface area contributed by atoms with Gasteiger partial charge in [0.1, 0.15) is 6.04 Å². The number of aromatic amines is 1. The summed E-state index contributed by atoms with van der Waals surface area (Å²) in [4.78, 5) is 25.0. The minimum absolute atomic E-state index is 0.117. The number of nitrogens with two attached hydrogens (primary N) is 1. The summed E-state index contributed by atoms with van der Waals surface area (Å²) >= 11 is 3.34. The SMILES string of the molecule is NC(Cc1cc(=O)[nH]c2ccc(Br)cc12)C(=O)O. The second-order valence-corrected chi connectivity index (χ2v) is 4.91. The normalized spacial score (nSPS) is 12.6. The standard InChI is InChI=1S/C12H11BrN2O3/c13-7-1-2-10-8(5-7)6(4-11(16)15-10)3-9(14)12(17)18/h1-2,4-5,9H,3,14H2,(H,15,16)(H,17,18). The Hall–Kier alpha value is -1.66. The molecule has 0 aliphatic carbocycles. The number of hydrogen-bond donors (Lipinski definition) is 3. The van der Waals surface area contributed by atoms with E-state index in [1.54, 1.807) is 12.1 Å². The fourth-order valence-electron chi connectivity index (χ4n) is 1.79. The van der Waals surface area contributed by atoms with E-state index in [1.165, 1.54) is 6.07 Å². The lowest BCUT2D eigenvalue weighted by Crippen LogP contribution is -2.32. The number of fused-ring (bicyclic) bond motifs is 1. The van der Waals surface area contributed by atoms with Gasteiger partial charge in [-0.25, -0.2) is 0 Å². The molecule has 6 heteroatoms. The van der Waals surface area contributed by atoms with E-state index in [9.17, 15) is 9.59 Å². The third-order valence-corrected chi connectivity index (χ3v) is 3.14. The molecule has 18 heavy (non-hydrogen) atoms. The maximum atomic E-state index is 11.5. The van der Waals surface area contributed by atoms with Gasteiger partial charge in [0, 0.05) is 21.4 Å². The first-order valence-electron chi connectivity index (χ1n) is 5.27. The lowest BCUT2D eigenvalue weighted by Gasteiger charge is -2.09. The number of pyridine rings is 1. The average Bonchev–Trinajstić information content (AvgIpc) is 2.29. The smallest absolute Gasteiger partial charge is 0.320 e. The number of carbonyl (C=O) groups is 1. The van der Waals surface area contributed by atoms with Crippen molar-refractivity contribution < 1.29 is 9.90 Å². The Kier molecular flexibility index (Phi) is 3.49. The molecule has 1 aromatic carbocycles. The minimum atomic E-state index is -1.08.